The molecule has 1 aliphatic heterocycles. The van der Waals surface area contributed by atoms with Crippen molar-refractivity contribution in [1.29, 1.82) is 0 Å². The molecule has 3 nitrogen and oxygen atoms in total. The van der Waals surface area contributed by atoms with E-state index in [4.69, 9.17) is 11.6 Å². The Labute approximate surface area is 160 Å². The van der Waals surface area contributed by atoms with Gasteiger partial charge >= 0.3 is 6.18 Å². The fraction of sp³-hybridized carbons (Fsp3) is 0.188. The first-order valence-electron chi connectivity index (χ1n) is 7.00. The molecule has 0 saturated carbocycles. The number of thioether (sulfide) groups is 1. The minimum atomic E-state index is -4.43. The monoisotopic (exact) mass is 450 g/mol. The Hall–Kier alpha value is -1.22. The number of imidazole rings is 1. The second-order valence-electron chi connectivity index (χ2n) is 5.54. The van der Waals surface area contributed by atoms with Gasteiger partial charge in [-0.1, -0.05) is 35.5 Å². The molecular weight excluding hydrogens is 441 g/mol. The summed E-state index contributed by atoms with van der Waals surface area (Å²) in [5.41, 5.74) is -0.858. The van der Waals surface area contributed by atoms with Crippen molar-refractivity contribution in [3.8, 4) is 0 Å². The van der Waals surface area contributed by atoms with E-state index in [0.29, 0.717) is 27.0 Å². The normalized spacial score (nSPS) is 19.7. The van der Waals surface area contributed by atoms with Crippen molar-refractivity contribution in [3.63, 3.8) is 0 Å². The van der Waals surface area contributed by atoms with Crippen LogP contribution in [0.4, 0.5) is 13.2 Å². The highest BCUT2D eigenvalue weighted by Crippen LogP contribution is 2.44. The maximum Gasteiger partial charge on any atom is 0.416 e. The molecule has 3 aromatic rings. The van der Waals surface area contributed by atoms with E-state index >= 15 is 0 Å². The quantitative estimate of drug-likeness (QED) is 0.560. The molecule has 2 heterocycles. The van der Waals surface area contributed by atoms with E-state index in [-0.39, 0.29) is 22.5 Å². The number of rotatable bonds is 1. The van der Waals surface area contributed by atoms with Crippen LogP contribution in [0.5, 0.6) is 0 Å². The lowest BCUT2D eigenvalue weighted by Gasteiger charge is -2.25. The Bertz CT molecular complexity index is 945. The molecule has 9 heteroatoms. The fourth-order valence-corrected chi connectivity index (χ4v) is 4.14. The van der Waals surface area contributed by atoms with Crippen molar-refractivity contribution < 1.29 is 18.3 Å². The highest BCUT2D eigenvalue weighted by Gasteiger charge is 2.41. The van der Waals surface area contributed by atoms with Crippen molar-refractivity contribution in [2.24, 2.45) is 0 Å². The number of halogens is 5. The van der Waals surface area contributed by atoms with Crippen LogP contribution in [0, 0.1) is 0 Å². The van der Waals surface area contributed by atoms with E-state index in [0.717, 1.165) is 12.1 Å². The van der Waals surface area contributed by atoms with Crippen molar-refractivity contribution in [1.82, 2.24) is 9.55 Å². The molecule has 0 spiro atoms. The van der Waals surface area contributed by atoms with E-state index in [2.05, 4.69) is 4.98 Å². The lowest BCUT2D eigenvalue weighted by atomic mass is 10.0. The maximum atomic E-state index is 12.9. The Morgan fingerprint density at radius 3 is 2.48 bits per heavy atom. The zero-order chi connectivity index (χ0) is 17.1. The van der Waals surface area contributed by atoms with Crippen molar-refractivity contribution in [2.45, 2.75) is 17.1 Å². The molecular formula is C16H11BrClF3N2OS. The first kappa shape index (κ1) is 18.6. The smallest absolute Gasteiger partial charge is 0.366 e. The molecule has 0 bridgehead atoms. The number of aliphatic hydroxyl groups is 1. The summed E-state index contributed by atoms with van der Waals surface area (Å²) >= 11 is 7.19. The topological polar surface area (TPSA) is 38.1 Å². The first-order chi connectivity index (χ1) is 11.3. The Kier molecular flexibility index (Phi) is 4.60. The van der Waals surface area contributed by atoms with Gasteiger partial charge in [-0.05, 0) is 30.3 Å². The van der Waals surface area contributed by atoms with Gasteiger partial charge in [-0.2, -0.15) is 13.2 Å². The number of hydrogen-bond acceptors (Lipinski definition) is 3. The lowest BCUT2D eigenvalue weighted by Crippen LogP contribution is -2.33. The third-order valence-electron chi connectivity index (χ3n) is 4.03. The van der Waals surface area contributed by atoms with Gasteiger partial charge in [-0.15, -0.1) is 17.0 Å². The number of hydrogen-bond donors (Lipinski definition) is 1. The summed E-state index contributed by atoms with van der Waals surface area (Å²) in [5, 5.41) is 12.2. The highest BCUT2D eigenvalue weighted by atomic mass is 79.9. The summed E-state index contributed by atoms with van der Waals surface area (Å²) in [7, 11) is 0. The van der Waals surface area contributed by atoms with Crippen LogP contribution in [0.25, 0.3) is 11.0 Å². The molecule has 0 radical (unpaired) electrons. The van der Waals surface area contributed by atoms with Crippen LogP contribution in [0.15, 0.2) is 47.6 Å². The van der Waals surface area contributed by atoms with Crippen molar-refractivity contribution in [3.05, 3.63) is 58.6 Å². The SMILES string of the molecule is Br.OC1(c2ccc(Cl)cc2)CSc2nc3cc(C(F)(F)F)ccc3n21. The molecule has 0 fully saturated rings. The van der Waals surface area contributed by atoms with Crippen molar-refractivity contribution >= 4 is 51.4 Å². The number of aromatic nitrogens is 2. The molecule has 0 amide bonds. The van der Waals surface area contributed by atoms with Gasteiger partial charge < -0.3 is 5.11 Å². The molecule has 132 valence electrons. The predicted octanol–water partition coefficient (Wildman–Crippen LogP) is 5.09. The lowest BCUT2D eigenvalue weighted by molar-refractivity contribution is -0.137. The van der Waals surface area contributed by atoms with Crippen molar-refractivity contribution in [2.75, 3.05) is 5.75 Å². The predicted molar refractivity (Wildman–Crippen MR) is 96.5 cm³/mol. The molecule has 1 atom stereocenters. The summed E-state index contributed by atoms with van der Waals surface area (Å²) in [4.78, 5) is 4.25. The van der Waals surface area contributed by atoms with E-state index < -0.39 is 17.5 Å². The molecule has 4 rings (SSSR count). The summed E-state index contributed by atoms with van der Waals surface area (Å²) in [6.45, 7) is 0. The summed E-state index contributed by atoms with van der Waals surface area (Å²) in [5.74, 6) is 0.327. The fourth-order valence-electron chi connectivity index (χ4n) is 2.85. The van der Waals surface area contributed by atoms with Gasteiger partial charge in [0.2, 0.25) is 0 Å². The minimum Gasteiger partial charge on any atom is -0.366 e. The molecule has 1 aliphatic rings. The average Bonchev–Trinajstić information content (AvgIpc) is 3.05. The van der Waals surface area contributed by atoms with Crippen LogP contribution >= 0.6 is 40.3 Å². The number of nitrogens with zero attached hydrogens (tertiary/aromatic N) is 2. The number of benzene rings is 2. The van der Waals surface area contributed by atoms with E-state index in [1.165, 1.54) is 17.8 Å². The first-order valence-corrected chi connectivity index (χ1v) is 8.37. The standard InChI is InChI=1S/C16H10ClF3N2OS.BrH/c17-11-4-1-9(2-5-11)15(23)8-24-14-21-12-7-10(16(18,19)20)3-6-13(12)22(14)15;/h1-7,23H,8H2;1H. The van der Waals surface area contributed by atoms with E-state index in [1.54, 1.807) is 28.8 Å². The Balaban J connectivity index is 0.00000182. The molecule has 0 saturated heterocycles. The van der Waals surface area contributed by atoms with Gasteiger partial charge in [0.25, 0.3) is 0 Å². The average molecular weight is 452 g/mol. The minimum absolute atomic E-state index is 0. The Morgan fingerprint density at radius 2 is 1.84 bits per heavy atom. The van der Waals surface area contributed by atoms with Gasteiger partial charge in [0.1, 0.15) is 0 Å². The summed E-state index contributed by atoms with van der Waals surface area (Å²) in [6.07, 6.45) is -4.43. The molecule has 1 N–H and O–H groups in total. The largest absolute Gasteiger partial charge is 0.416 e. The van der Waals surface area contributed by atoms with Crippen LogP contribution in [-0.4, -0.2) is 20.4 Å². The number of alkyl halides is 3. The maximum absolute atomic E-state index is 12.9. The second kappa shape index (κ2) is 6.19. The van der Waals surface area contributed by atoms with Gasteiger partial charge in [-0.25, -0.2) is 4.98 Å². The van der Waals surface area contributed by atoms with Gasteiger partial charge in [0.15, 0.2) is 10.9 Å². The van der Waals surface area contributed by atoms with Gasteiger partial charge in [-0.3, -0.25) is 4.57 Å². The third-order valence-corrected chi connectivity index (χ3v) is 5.36. The van der Waals surface area contributed by atoms with Crippen LogP contribution in [-0.2, 0) is 11.9 Å². The van der Waals surface area contributed by atoms with Crippen LogP contribution in [0.3, 0.4) is 0 Å². The van der Waals surface area contributed by atoms with E-state index in [9.17, 15) is 18.3 Å². The third kappa shape index (κ3) is 2.95. The van der Waals surface area contributed by atoms with Crippen LogP contribution in [0.2, 0.25) is 5.02 Å². The zero-order valence-corrected chi connectivity index (χ0v) is 15.7. The van der Waals surface area contributed by atoms with Crippen LogP contribution in [0.1, 0.15) is 11.1 Å². The van der Waals surface area contributed by atoms with E-state index in [1.807, 2.05) is 0 Å². The molecule has 2 aromatic carbocycles. The summed E-state index contributed by atoms with van der Waals surface area (Å²) in [6, 6.07) is 10.1. The number of fused-ring (bicyclic) bond motifs is 3. The summed E-state index contributed by atoms with van der Waals surface area (Å²) < 4.78 is 40.2. The molecule has 1 unspecified atom stereocenters. The Morgan fingerprint density at radius 1 is 1.16 bits per heavy atom. The highest BCUT2D eigenvalue weighted by molar-refractivity contribution is 8.93. The van der Waals surface area contributed by atoms with Crippen LogP contribution < -0.4 is 0 Å². The van der Waals surface area contributed by atoms with Gasteiger partial charge in [0, 0.05) is 10.6 Å². The second-order valence-corrected chi connectivity index (χ2v) is 6.92. The molecule has 0 aliphatic carbocycles. The van der Waals surface area contributed by atoms with Gasteiger partial charge in [0.05, 0.1) is 22.3 Å². The molecule has 25 heavy (non-hydrogen) atoms. The zero-order valence-electron chi connectivity index (χ0n) is 12.4. The molecule has 1 aromatic heterocycles.